The number of hydrogen-bond donors (Lipinski definition) is 2. The third-order valence-corrected chi connectivity index (χ3v) is 7.05. The van der Waals surface area contributed by atoms with E-state index in [1.54, 1.807) is 6.92 Å². The van der Waals surface area contributed by atoms with Gasteiger partial charge in [-0.1, -0.05) is 0 Å². The number of rotatable bonds is 6. The minimum absolute atomic E-state index is 0.000814. The molecule has 2 N–H and O–H groups in total. The number of sulfonamides is 1. The van der Waals surface area contributed by atoms with E-state index in [0.717, 1.165) is 35.8 Å². The Kier molecular flexibility index (Phi) is 6.68. The molecular weight excluding hydrogens is 527 g/mol. The smallest absolute Gasteiger partial charge is 0.369 e. The molecule has 1 aromatic carbocycles. The molecule has 1 aliphatic rings. The summed E-state index contributed by atoms with van der Waals surface area (Å²) in [4.78, 5) is 18.9. The predicted octanol–water partition coefficient (Wildman–Crippen LogP) is 5.02. The van der Waals surface area contributed by atoms with E-state index in [1.165, 1.54) is 23.2 Å². The number of alkyl halides is 3. The van der Waals surface area contributed by atoms with Gasteiger partial charge in [0.05, 0.1) is 34.6 Å². The van der Waals surface area contributed by atoms with Gasteiger partial charge >= 0.3 is 6.18 Å². The van der Waals surface area contributed by atoms with Crippen molar-refractivity contribution in [2.24, 2.45) is 5.92 Å². The molecule has 36 heavy (non-hydrogen) atoms. The number of carbonyl (C=O) groups is 1. The molecule has 0 radical (unpaired) electrons. The Morgan fingerprint density at radius 1 is 1.11 bits per heavy atom. The van der Waals surface area contributed by atoms with Crippen molar-refractivity contribution in [3.05, 3.63) is 57.9 Å². The number of aryl methyl sites for hydroxylation is 1. The molecule has 0 spiro atoms. The fourth-order valence-electron chi connectivity index (χ4n) is 3.65. The molecule has 0 aliphatic carbocycles. The third-order valence-electron chi connectivity index (χ3n) is 5.39. The van der Waals surface area contributed by atoms with E-state index < -0.39 is 39.7 Å². The molecule has 1 saturated heterocycles. The van der Waals surface area contributed by atoms with E-state index in [0.29, 0.717) is 10.4 Å². The lowest BCUT2D eigenvalue weighted by atomic mass is 9.99. The number of thiophene rings is 1. The molecule has 192 valence electrons. The minimum Gasteiger partial charge on any atom is -0.369 e. The van der Waals surface area contributed by atoms with Crippen molar-refractivity contribution in [3.63, 3.8) is 0 Å². The van der Waals surface area contributed by atoms with Crippen LogP contribution < -0.4 is 14.9 Å². The Bertz CT molecular complexity index is 1430. The van der Waals surface area contributed by atoms with Gasteiger partial charge in [0.2, 0.25) is 10.0 Å². The van der Waals surface area contributed by atoms with Crippen LogP contribution in [0.1, 0.15) is 14.5 Å². The Morgan fingerprint density at radius 2 is 1.78 bits per heavy atom. The summed E-state index contributed by atoms with van der Waals surface area (Å²) in [6.07, 6.45) is -2.12. The van der Waals surface area contributed by atoms with Gasteiger partial charge in [0.15, 0.2) is 5.82 Å². The lowest BCUT2D eigenvalue weighted by Crippen LogP contribution is -2.53. The molecule has 14 heteroatoms. The van der Waals surface area contributed by atoms with Crippen LogP contribution in [0, 0.1) is 24.5 Å². The van der Waals surface area contributed by atoms with Gasteiger partial charge in [-0.15, -0.1) is 11.3 Å². The molecule has 0 saturated carbocycles. The van der Waals surface area contributed by atoms with Gasteiger partial charge in [0.1, 0.15) is 11.5 Å². The topological polar surface area (TPSA) is 91.4 Å². The summed E-state index contributed by atoms with van der Waals surface area (Å²) >= 11 is 1.03. The average Bonchev–Trinajstić information content (AvgIpc) is 3.05. The molecule has 0 atom stereocenters. The van der Waals surface area contributed by atoms with E-state index in [1.807, 2.05) is 0 Å². The van der Waals surface area contributed by atoms with Gasteiger partial charge < -0.3 is 10.2 Å². The van der Waals surface area contributed by atoms with Crippen LogP contribution in [0.15, 0.2) is 36.5 Å². The zero-order chi connectivity index (χ0) is 26.4. The van der Waals surface area contributed by atoms with Crippen LogP contribution in [-0.2, 0) is 10.0 Å². The number of benzene rings is 1. The summed E-state index contributed by atoms with van der Waals surface area (Å²) in [5, 5.41) is 2.47. The third kappa shape index (κ3) is 5.75. The number of carbonyl (C=O) groups excluding carboxylic acids is 1. The maximum absolute atomic E-state index is 14.8. The summed E-state index contributed by atoms with van der Waals surface area (Å²) in [7, 11) is -3.67. The number of aromatic nitrogens is 1. The first-order valence-electron chi connectivity index (χ1n) is 10.4. The summed E-state index contributed by atoms with van der Waals surface area (Å²) in [6, 6.07) is 5.70. The maximum atomic E-state index is 14.8. The maximum Gasteiger partial charge on any atom is 0.395 e. The second-order valence-corrected chi connectivity index (χ2v) is 11.3. The first kappa shape index (κ1) is 25.8. The van der Waals surface area contributed by atoms with Gasteiger partial charge in [-0.25, -0.2) is 17.2 Å². The molecule has 3 heterocycles. The molecule has 1 amide bonds. The quantitative estimate of drug-likeness (QED) is 0.424. The van der Waals surface area contributed by atoms with E-state index in [2.05, 4.69) is 15.0 Å². The second-order valence-electron chi connectivity index (χ2n) is 8.30. The second kappa shape index (κ2) is 9.32. The van der Waals surface area contributed by atoms with Crippen molar-refractivity contribution in [1.29, 1.82) is 0 Å². The van der Waals surface area contributed by atoms with Crippen LogP contribution in [0.3, 0.4) is 0 Å². The Labute approximate surface area is 207 Å². The standard InChI is InChI=1S/C22H19F5N4O3S2/c1-11-17(20-18(24)6-16(8-28-20)31-9-12(10-31)22(25,26)27)7-19(35-11)21(32)29-14-3-13(23)4-15(5-14)30-36(2,33)34/h3-8,12,30H,9-10H2,1-2H3,(H,29,32). The van der Waals surface area contributed by atoms with Crippen LogP contribution in [-0.4, -0.2) is 44.8 Å². The van der Waals surface area contributed by atoms with Gasteiger partial charge in [0.25, 0.3) is 5.91 Å². The van der Waals surface area contributed by atoms with Gasteiger partial charge in [0, 0.05) is 35.3 Å². The van der Waals surface area contributed by atoms with Gasteiger partial charge in [-0.2, -0.15) is 13.2 Å². The zero-order valence-electron chi connectivity index (χ0n) is 18.8. The first-order valence-corrected chi connectivity index (χ1v) is 13.1. The highest BCUT2D eigenvalue weighted by molar-refractivity contribution is 7.92. The molecule has 0 unspecified atom stereocenters. The molecular formula is C22H19F5N4O3S2. The van der Waals surface area contributed by atoms with E-state index in [4.69, 9.17) is 0 Å². The molecule has 1 fully saturated rings. The number of hydrogen-bond acceptors (Lipinski definition) is 6. The Hall–Kier alpha value is -3.26. The van der Waals surface area contributed by atoms with Crippen LogP contribution in [0.2, 0.25) is 0 Å². The number of amides is 1. The monoisotopic (exact) mass is 546 g/mol. The van der Waals surface area contributed by atoms with Crippen molar-refractivity contribution in [2.45, 2.75) is 13.1 Å². The summed E-state index contributed by atoms with van der Waals surface area (Å²) in [5.41, 5.74) is 0.409. The minimum atomic E-state index is -4.30. The van der Waals surface area contributed by atoms with Crippen molar-refractivity contribution < 1.29 is 35.2 Å². The highest BCUT2D eigenvalue weighted by atomic mass is 32.2. The summed E-state index contributed by atoms with van der Waals surface area (Å²) < 4.78 is 91.8. The molecule has 4 rings (SSSR count). The fourth-order valence-corrected chi connectivity index (χ4v) is 5.11. The summed E-state index contributed by atoms with van der Waals surface area (Å²) in [5.74, 6) is -3.63. The lowest BCUT2D eigenvalue weighted by molar-refractivity contribution is -0.180. The number of pyridine rings is 1. The number of halogens is 5. The number of anilines is 3. The van der Waals surface area contributed by atoms with E-state index in [9.17, 15) is 35.2 Å². The largest absolute Gasteiger partial charge is 0.395 e. The molecule has 0 bridgehead atoms. The first-order chi connectivity index (χ1) is 16.7. The van der Waals surface area contributed by atoms with Crippen LogP contribution in [0.4, 0.5) is 39.0 Å². The number of nitrogens with one attached hydrogen (secondary N) is 2. The average molecular weight is 547 g/mol. The van der Waals surface area contributed by atoms with Gasteiger partial charge in [-0.05, 0) is 31.2 Å². The molecule has 3 aromatic rings. The Balaban J connectivity index is 1.51. The van der Waals surface area contributed by atoms with Crippen LogP contribution in [0.25, 0.3) is 11.3 Å². The van der Waals surface area contributed by atoms with E-state index in [-0.39, 0.29) is 40.7 Å². The predicted molar refractivity (Wildman–Crippen MR) is 127 cm³/mol. The SMILES string of the molecule is Cc1sc(C(=O)Nc2cc(F)cc(NS(C)(=O)=O)c2)cc1-c1ncc(N2CC(C(F)(F)F)C2)cc1F. The summed E-state index contributed by atoms with van der Waals surface area (Å²) in [6.45, 7) is 1.10. The van der Waals surface area contributed by atoms with Crippen molar-refractivity contribution in [1.82, 2.24) is 4.98 Å². The van der Waals surface area contributed by atoms with E-state index >= 15 is 0 Å². The fraction of sp³-hybridized carbons (Fsp3) is 0.273. The highest BCUT2D eigenvalue weighted by Gasteiger charge is 2.47. The van der Waals surface area contributed by atoms with Crippen molar-refractivity contribution >= 4 is 44.3 Å². The van der Waals surface area contributed by atoms with Crippen molar-refractivity contribution in [2.75, 3.05) is 34.3 Å². The lowest BCUT2D eigenvalue weighted by Gasteiger charge is -2.41. The van der Waals surface area contributed by atoms with Crippen LogP contribution >= 0.6 is 11.3 Å². The highest BCUT2D eigenvalue weighted by Crippen LogP contribution is 2.38. The van der Waals surface area contributed by atoms with Gasteiger partial charge in [-0.3, -0.25) is 14.5 Å². The zero-order valence-corrected chi connectivity index (χ0v) is 20.4. The molecule has 2 aromatic heterocycles. The molecule has 1 aliphatic heterocycles. The normalized spacial score (nSPS) is 14.5. The molecule has 7 nitrogen and oxygen atoms in total. The Morgan fingerprint density at radius 3 is 2.39 bits per heavy atom. The van der Waals surface area contributed by atoms with Crippen LogP contribution in [0.5, 0.6) is 0 Å². The van der Waals surface area contributed by atoms with Crippen molar-refractivity contribution in [3.8, 4) is 11.3 Å². The number of nitrogens with zero attached hydrogens (tertiary/aromatic N) is 2.